The molecule has 28 heavy (non-hydrogen) atoms. The zero-order chi connectivity index (χ0) is 19.7. The van der Waals surface area contributed by atoms with Crippen molar-refractivity contribution in [2.45, 2.75) is 77.0 Å². The SMILES string of the molecule is CC1COc2ccc(CN(C3CC3)S(C)(=O)=O)cc2CN1CC1CCCCC1. The molecule has 0 radical (unpaired) electrons. The Labute approximate surface area is 170 Å². The molecule has 1 unspecified atom stereocenters. The van der Waals surface area contributed by atoms with Crippen LogP contribution in [0.2, 0.25) is 0 Å². The molecule has 0 spiro atoms. The standard InChI is InChI=1S/C22H34N2O3S/c1-17-16-27-22-11-8-19(14-24(21-9-10-21)28(2,25)26)12-20(22)15-23(17)13-18-6-4-3-5-7-18/h8,11-12,17-18,21H,3-7,9-10,13-16H2,1-2H3. The van der Waals surface area contributed by atoms with Gasteiger partial charge in [-0.1, -0.05) is 25.3 Å². The molecule has 0 amide bonds. The highest BCUT2D eigenvalue weighted by Gasteiger charge is 2.35. The minimum atomic E-state index is -3.18. The number of ether oxygens (including phenoxy) is 1. The summed E-state index contributed by atoms with van der Waals surface area (Å²) in [6.07, 6.45) is 10.1. The molecule has 1 aromatic carbocycles. The van der Waals surface area contributed by atoms with E-state index < -0.39 is 10.0 Å². The van der Waals surface area contributed by atoms with Crippen LogP contribution in [0, 0.1) is 5.92 Å². The molecular weight excluding hydrogens is 372 g/mol. The van der Waals surface area contributed by atoms with E-state index in [1.165, 1.54) is 43.9 Å². The largest absolute Gasteiger partial charge is 0.492 e. The van der Waals surface area contributed by atoms with Crippen molar-refractivity contribution in [1.82, 2.24) is 9.21 Å². The van der Waals surface area contributed by atoms with Gasteiger partial charge < -0.3 is 4.74 Å². The second kappa shape index (κ2) is 8.33. The predicted molar refractivity (Wildman–Crippen MR) is 112 cm³/mol. The third-order valence-corrected chi connectivity index (χ3v) is 7.82. The van der Waals surface area contributed by atoms with Gasteiger partial charge in [-0.25, -0.2) is 8.42 Å². The number of nitrogens with zero attached hydrogens (tertiary/aromatic N) is 2. The smallest absolute Gasteiger partial charge is 0.211 e. The van der Waals surface area contributed by atoms with Crippen LogP contribution < -0.4 is 4.74 Å². The van der Waals surface area contributed by atoms with Crippen LogP contribution in [0.3, 0.4) is 0 Å². The molecule has 0 aromatic heterocycles. The molecule has 2 fully saturated rings. The van der Waals surface area contributed by atoms with E-state index in [1.54, 1.807) is 4.31 Å². The summed E-state index contributed by atoms with van der Waals surface area (Å²) >= 11 is 0. The zero-order valence-electron chi connectivity index (χ0n) is 17.3. The van der Waals surface area contributed by atoms with Gasteiger partial charge in [0, 0.05) is 37.3 Å². The van der Waals surface area contributed by atoms with Gasteiger partial charge in [-0.05, 0) is 56.2 Å². The monoisotopic (exact) mass is 406 g/mol. The van der Waals surface area contributed by atoms with Crippen LogP contribution in [0.1, 0.15) is 63.0 Å². The van der Waals surface area contributed by atoms with E-state index in [1.807, 2.05) is 12.1 Å². The van der Waals surface area contributed by atoms with Crippen LogP contribution in [0.15, 0.2) is 18.2 Å². The zero-order valence-corrected chi connectivity index (χ0v) is 18.1. The first-order chi connectivity index (χ1) is 13.4. The molecular formula is C22H34N2O3S. The average Bonchev–Trinajstić information content (AvgIpc) is 3.49. The van der Waals surface area contributed by atoms with Gasteiger partial charge in [-0.3, -0.25) is 4.90 Å². The van der Waals surface area contributed by atoms with Crippen molar-refractivity contribution in [3.05, 3.63) is 29.3 Å². The Kier molecular flexibility index (Phi) is 6.00. The van der Waals surface area contributed by atoms with Gasteiger partial charge in [0.05, 0.1) is 6.26 Å². The molecule has 2 saturated carbocycles. The first-order valence-electron chi connectivity index (χ1n) is 10.9. The van der Waals surface area contributed by atoms with Crippen molar-refractivity contribution >= 4 is 10.0 Å². The summed E-state index contributed by atoms with van der Waals surface area (Å²) in [7, 11) is -3.18. The maximum atomic E-state index is 12.2. The highest BCUT2D eigenvalue weighted by molar-refractivity contribution is 7.88. The fourth-order valence-electron chi connectivity index (χ4n) is 4.69. The highest BCUT2D eigenvalue weighted by Crippen LogP contribution is 2.33. The summed E-state index contributed by atoms with van der Waals surface area (Å²) in [5.74, 6) is 1.76. The second-order valence-corrected chi connectivity index (χ2v) is 11.0. The van der Waals surface area contributed by atoms with Crippen molar-refractivity contribution in [3.63, 3.8) is 0 Å². The lowest BCUT2D eigenvalue weighted by molar-refractivity contribution is 0.125. The lowest BCUT2D eigenvalue weighted by atomic mass is 9.88. The Morgan fingerprint density at radius 2 is 1.89 bits per heavy atom. The number of sulfonamides is 1. The Morgan fingerprint density at radius 1 is 1.14 bits per heavy atom. The third-order valence-electron chi connectivity index (χ3n) is 6.54. The summed E-state index contributed by atoms with van der Waals surface area (Å²) in [5, 5.41) is 0. The quantitative estimate of drug-likeness (QED) is 0.721. The van der Waals surface area contributed by atoms with Crippen LogP contribution >= 0.6 is 0 Å². The summed E-state index contributed by atoms with van der Waals surface area (Å²) in [4.78, 5) is 2.57. The normalized spacial score (nSPS) is 24.6. The molecule has 4 rings (SSSR count). The van der Waals surface area contributed by atoms with E-state index in [0.29, 0.717) is 12.6 Å². The second-order valence-electron chi connectivity index (χ2n) is 9.07. The van der Waals surface area contributed by atoms with Crippen molar-refractivity contribution in [3.8, 4) is 5.75 Å². The van der Waals surface area contributed by atoms with E-state index in [9.17, 15) is 8.42 Å². The van der Waals surface area contributed by atoms with Gasteiger partial charge in [-0.2, -0.15) is 4.31 Å². The Morgan fingerprint density at radius 3 is 2.57 bits per heavy atom. The first kappa shape index (κ1) is 20.2. The maximum absolute atomic E-state index is 12.2. The molecule has 0 N–H and O–H groups in total. The molecule has 1 aliphatic heterocycles. The minimum absolute atomic E-state index is 0.188. The molecule has 1 heterocycles. The molecule has 3 aliphatic rings. The van der Waals surface area contributed by atoms with E-state index >= 15 is 0 Å². The molecule has 156 valence electrons. The number of fused-ring (bicyclic) bond motifs is 1. The predicted octanol–water partition coefficient (Wildman–Crippen LogP) is 3.77. The first-order valence-corrected chi connectivity index (χ1v) is 12.7. The molecule has 1 atom stereocenters. The summed E-state index contributed by atoms with van der Waals surface area (Å²) in [6.45, 7) is 5.48. The number of hydrogen-bond acceptors (Lipinski definition) is 4. The Hall–Kier alpha value is -1.11. The Bertz CT molecular complexity index is 785. The lowest BCUT2D eigenvalue weighted by Crippen LogP contribution is -2.38. The van der Waals surface area contributed by atoms with Crippen LogP contribution in [-0.2, 0) is 23.1 Å². The fourth-order valence-corrected chi connectivity index (χ4v) is 5.83. The van der Waals surface area contributed by atoms with Gasteiger partial charge in [0.2, 0.25) is 10.0 Å². The van der Waals surface area contributed by atoms with Crippen molar-refractivity contribution < 1.29 is 13.2 Å². The van der Waals surface area contributed by atoms with Crippen molar-refractivity contribution in [2.24, 2.45) is 5.92 Å². The summed E-state index contributed by atoms with van der Waals surface area (Å²) in [6, 6.07) is 6.82. The number of benzene rings is 1. The van der Waals surface area contributed by atoms with Crippen molar-refractivity contribution in [1.29, 1.82) is 0 Å². The minimum Gasteiger partial charge on any atom is -0.492 e. The molecule has 6 heteroatoms. The summed E-state index contributed by atoms with van der Waals surface area (Å²) < 4.78 is 32.1. The van der Waals surface area contributed by atoms with Gasteiger partial charge in [-0.15, -0.1) is 0 Å². The van der Waals surface area contributed by atoms with Crippen LogP contribution in [0.25, 0.3) is 0 Å². The van der Waals surface area contributed by atoms with E-state index in [4.69, 9.17) is 4.74 Å². The Balaban J connectivity index is 1.50. The lowest BCUT2D eigenvalue weighted by Gasteiger charge is -2.32. The number of hydrogen-bond donors (Lipinski definition) is 0. The average molecular weight is 407 g/mol. The topological polar surface area (TPSA) is 49.9 Å². The molecule has 0 bridgehead atoms. The summed E-state index contributed by atoms with van der Waals surface area (Å²) in [5.41, 5.74) is 2.26. The third kappa shape index (κ3) is 4.89. The van der Waals surface area contributed by atoms with Gasteiger partial charge in [0.15, 0.2) is 0 Å². The van der Waals surface area contributed by atoms with Crippen LogP contribution in [0.4, 0.5) is 0 Å². The van der Waals surface area contributed by atoms with E-state index in [2.05, 4.69) is 17.9 Å². The van der Waals surface area contributed by atoms with Gasteiger partial charge in [0.25, 0.3) is 0 Å². The molecule has 0 saturated heterocycles. The highest BCUT2D eigenvalue weighted by atomic mass is 32.2. The van der Waals surface area contributed by atoms with E-state index in [0.717, 1.165) is 49.8 Å². The van der Waals surface area contributed by atoms with Crippen molar-refractivity contribution in [2.75, 3.05) is 19.4 Å². The van der Waals surface area contributed by atoms with Gasteiger partial charge in [0.1, 0.15) is 12.4 Å². The molecule has 1 aromatic rings. The van der Waals surface area contributed by atoms with E-state index in [-0.39, 0.29) is 6.04 Å². The molecule has 2 aliphatic carbocycles. The van der Waals surface area contributed by atoms with Crippen LogP contribution in [-0.4, -0.2) is 49.1 Å². The molecule has 5 nitrogen and oxygen atoms in total. The fraction of sp³-hybridized carbons (Fsp3) is 0.727. The van der Waals surface area contributed by atoms with Crippen LogP contribution in [0.5, 0.6) is 5.75 Å². The number of rotatable bonds is 6. The van der Waals surface area contributed by atoms with Gasteiger partial charge >= 0.3 is 0 Å². The maximum Gasteiger partial charge on any atom is 0.211 e.